The zero-order valence-electron chi connectivity index (χ0n) is 16.5. The molecule has 0 spiro atoms. The number of nitrogens with zero attached hydrogens (tertiary/aromatic N) is 1. The smallest absolute Gasteiger partial charge is 0.148 e. The maximum atomic E-state index is 14.1. The van der Waals surface area contributed by atoms with E-state index in [-0.39, 0.29) is 12.4 Å². The summed E-state index contributed by atoms with van der Waals surface area (Å²) in [5, 5.41) is 12.8. The highest BCUT2D eigenvalue weighted by molar-refractivity contribution is 6.30. The van der Waals surface area contributed by atoms with Gasteiger partial charge in [-0.25, -0.2) is 4.39 Å². The van der Waals surface area contributed by atoms with Crippen molar-refractivity contribution in [3.63, 3.8) is 0 Å². The molecule has 2 N–H and O–H groups in total. The van der Waals surface area contributed by atoms with Crippen LogP contribution >= 0.6 is 11.6 Å². The van der Waals surface area contributed by atoms with Gasteiger partial charge < -0.3 is 15.3 Å². The molecule has 2 aliphatic rings. The Balaban J connectivity index is 0.000000320. The summed E-state index contributed by atoms with van der Waals surface area (Å²) in [6, 6.07) is 15.3. The van der Waals surface area contributed by atoms with Gasteiger partial charge in [-0.2, -0.15) is 0 Å². The van der Waals surface area contributed by atoms with Gasteiger partial charge in [0.1, 0.15) is 5.82 Å². The van der Waals surface area contributed by atoms with Crippen LogP contribution in [0.3, 0.4) is 0 Å². The minimum absolute atomic E-state index is 0.197. The largest absolute Gasteiger partial charge is 0.395 e. The van der Waals surface area contributed by atoms with Crippen LogP contribution in [0.15, 0.2) is 48.5 Å². The summed E-state index contributed by atoms with van der Waals surface area (Å²) in [6.07, 6.45) is 3.45. The van der Waals surface area contributed by atoms with Gasteiger partial charge in [-0.15, -0.1) is 0 Å². The van der Waals surface area contributed by atoms with Gasteiger partial charge in [0, 0.05) is 24.7 Å². The molecule has 152 valence electrons. The number of hydrogen-bond donors (Lipinski definition) is 2. The molecule has 1 fully saturated rings. The van der Waals surface area contributed by atoms with Crippen molar-refractivity contribution in [1.82, 2.24) is 4.90 Å². The first kappa shape index (κ1) is 21.1. The molecule has 1 aliphatic carbocycles. The van der Waals surface area contributed by atoms with Crippen LogP contribution in [0.2, 0.25) is 5.02 Å². The van der Waals surface area contributed by atoms with Gasteiger partial charge in [0.25, 0.3) is 0 Å². The second kappa shape index (κ2) is 10.2. The SMILES string of the molecule is CN(CCO)CC1CCC2CNc3c(F)cc(Cl)cc3C2C1.c1ccccc1. The van der Waals surface area contributed by atoms with Gasteiger partial charge in [-0.05, 0) is 61.8 Å². The average Bonchev–Trinajstić information content (AvgIpc) is 2.70. The normalized spacial score (nSPS) is 23.1. The van der Waals surface area contributed by atoms with Crippen LogP contribution < -0.4 is 5.32 Å². The zero-order valence-corrected chi connectivity index (χ0v) is 17.2. The third-order valence-electron chi connectivity index (χ3n) is 5.85. The molecule has 0 bridgehead atoms. The molecule has 1 heterocycles. The number of aliphatic hydroxyl groups excluding tert-OH is 1. The molecule has 1 saturated carbocycles. The number of benzene rings is 2. The molecular weight excluding hydrogens is 375 g/mol. The fourth-order valence-electron chi connectivity index (χ4n) is 4.50. The van der Waals surface area contributed by atoms with E-state index in [0.717, 1.165) is 25.1 Å². The molecule has 0 aromatic heterocycles. The lowest BCUT2D eigenvalue weighted by Gasteiger charge is -2.42. The second-order valence-electron chi connectivity index (χ2n) is 7.92. The number of fused-ring (bicyclic) bond motifs is 3. The predicted molar refractivity (Wildman–Crippen MR) is 114 cm³/mol. The van der Waals surface area contributed by atoms with Crippen molar-refractivity contribution >= 4 is 17.3 Å². The Morgan fingerprint density at radius 2 is 1.82 bits per heavy atom. The maximum Gasteiger partial charge on any atom is 0.148 e. The van der Waals surface area contributed by atoms with E-state index in [0.29, 0.717) is 35.0 Å². The van der Waals surface area contributed by atoms with Crippen LogP contribution in [-0.2, 0) is 0 Å². The molecule has 2 aromatic rings. The van der Waals surface area contributed by atoms with Gasteiger partial charge in [0.05, 0.1) is 12.3 Å². The Bertz CT molecular complexity index is 716. The molecule has 3 nitrogen and oxygen atoms in total. The van der Waals surface area contributed by atoms with Gasteiger partial charge >= 0.3 is 0 Å². The van der Waals surface area contributed by atoms with Gasteiger partial charge in [0.2, 0.25) is 0 Å². The summed E-state index contributed by atoms with van der Waals surface area (Å²) in [4.78, 5) is 2.19. The number of halogens is 2. The van der Waals surface area contributed by atoms with E-state index in [4.69, 9.17) is 16.7 Å². The molecule has 3 unspecified atom stereocenters. The van der Waals surface area contributed by atoms with E-state index in [9.17, 15) is 4.39 Å². The van der Waals surface area contributed by atoms with Gasteiger partial charge in [-0.1, -0.05) is 48.0 Å². The van der Waals surface area contributed by atoms with Crippen molar-refractivity contribution in [2.45, 2.75) is 25.2 Å². The second-order valence-corrected chi connectivity index (χ2v) is 8.36. The molecule has 4 rings (SSSR count). The maximum absolute atomic E-state index is 14.1. The third-order valence-corrected chi connectivity index (χ3v) is 6.06. The highest BCUT2D eigenvalue weighted by atomic mass is 35.5. The molecular formula is C23H30ClFN2O. The molecule has 0 amide bonds. The predicted octanol–water partition coefficient (Wildman–Crippen LogP) is 5.02. The van der Waals surface area contributed by atoms with Gasteiger partial charge in [-0.3, -0.25) is 0 Å². The van der Waals surface area contributed by atoms with Crippen molar-refractivity contribution < 1.29 is 9.50 Å². The van der Waals surface area contributed by atoms with Crippen LogP contribution in [-0.4, -0.2) is 43.3 Å². The van der Waals surface area contributed by atoms with Crippen LogP contribution in [0.5, 0.6) is 0 Å². The first-order chi connectivity index (χ1) is 13.6. The molecule has 5 heteroatoms. The Hall–Kier alpha value is -1.62. The lowest BCUT2D eigenvalue weighted by Crippen LogP contribution is -2.37. The van der Waals surface area contributed by atoms with E-state index in [1.54, 1.807) is 0 Å². The summed E-state index contributed by atoms with van der Waals surface area (Å²) in [5.41, 5.74) is 1.70. The van der Waals surface area contributed by atoms with Crippen molar-refractivity contribution in [2.24, 2.45) is 11.8 Å². The number of hydrogen-bond acceptors (Lipinski definition) is 3. The minimum atomic E-state index is -0.236. The number of nitrogens with one attached hydrogen (secondary N) is 1. The molecule has 0 saturated heterocycles. The van der Waals surface area contributed by atoms with Crippen LogP contribution in [0.4, 0.5) is 10.1 Å². The number of aliphatic hydroxyl groups is 1. The van der Waals surface area contributed by atoms with Crippen molar-refractivity contribution in [3.05, 3.63) is 64.9 Å². The monoisotopic (exact) mass is 404 g/mol. The van der Waals surface area contributed by atoms with E-state index < -0.39 is 0 Å². The van der Waals surface area contributed by atoms with Crippen molar-refractivity contribution in [2.75, 3.05) is 38.6 Å². The number of likely N-dealkylation sites (N-methyl/N-ethyl adjacent to an activating group) is 1. The quantitative estimate of drug-likeness (QED) is 0.751. The van der Waals surface area contributed by atoms with E-state index in [2.05, 4.69) is 17.3 Å². The fraction of sp³-hybridized carbons (Fsp3) is 0.478. The topological polar surface area (TPSA) is 35.5 Å². The summed E-state index contributed by atoms with van der Waals surface area (Å²) < 4.78 is 14.1. The molecule has 1 aliphatic heterocycles. The van der Waals surface area contributed by atoms with Crippen LogP contribution in [0.25, 0.3) is 0 Å². The molecule has 28 heavy (non-hydrogen) atoms. The minimum Gasteiger partial charge on any atom is -0.395 e. The summed E-state index contributed by atoms with van der Waals surface area (Å²) >= 11 is 6.07. The Morgan fingerprint density at radius 3 is 2.46 bits per heavy atom. The van der Waals surface area contributed by atoms with Gasteiger partial charge in [0.15, 0.2) is 0 Å². The molecule has 0 radical (unpaired) electrons. The van der Waals surface area contributed by atoms with Crippen LogP contribution in [0, 0.1) is 17.7 Å². The molecule has 2 aromatic carbocycles. The standard InChI is InChI=1S/C17H24ClFN2O.C6H6/c1-21(4-5-22)10-11-2-3-12-9-20-17-15(14(12)6-11)7-13(18)8-16(17)19;1-2-4-6-5-3-1/h7-8,11-12,14,20,22H,2-6,9-10H2,1H3;1-6H. The Morgan fingerprint density at radius 1 is 1.14 bits per heavy atom. The van der Waals surface area contributed by atoms with Crippen molar-refractivity contribution in [1.29, 1.82) is 0 Å². The highest BCUT2D eigenvalue weighted by Gasteiger charge is 2.36. The number of rotatable bonds is 4. The fourth-order valence-corrected chi connectivity index (χ4v) is 4.72. The highest BCUT2D eigenvalue weighted by Crippen LogP contribution is 2.47. The Labute approximate surface area is 172 Å². The Kier molecular flexibility index (Phi) is 7.72. The first-order valence-electron chi connectivity index (χ1n) is 10.1. The average molecular weight is 405 g/mol. The zero-order chi connectivity index (χ0) is 19.9. The first-order valence-corrected chi connectivity index (χ1v) is 10.5. The van der Waals surface area contributed by atoms with Crippen LogP contribution in [0.1, 0.15) is 30.7 Å². The summed E-state index contributed by atoms with van der Waals surface area (Å²) in [7, 11) is 2.05. The third kappa shape index (κ3) is 5.47. The lowest BCUT2D eigenvalue weighted by molar-refractivity contribution is 0.161. The molecule has 3 atom stereocenters. The summed E-state index contributed by atoms with van der Waals surface area (Å²) in [5.74, 6) is 1.33. The van der Waals surface area contributed by atoms with Crippen molar-refractivity contribution in [3.8, 4) is 0 Å². The lowest BCUT2D eigenvalue weighted by atomic mass is 9.69. The number of anilines is 1. The van der Waals surface area contributed by atoms with E-state index in [1.165, 1.54) is 18.9 Å². The summed E-state index contributed by atoms with van der Waals surface area (Å²) in [6.45, 7) is 2.76. The van der Waals surface area contributed by atoms with E-state index in [1.807, 2.05) is 42.5 Å². The van der Waals surface area contributed by atoms with E-state index >= 15 is 0 Å².